The standard InChI is InChI=1S/C11H8F3NO/c1-6(16)2-7(5-15)11-9(13)3-8(12)4-10(11)14/h3-4,7H,2H2,1H3. The third kappa shape index (κ3) is 2.60. The van der Waals surface area contributed by atoms with E-state index in [1.165, 1.54) is 6.92 Å². The van der Waals surface area contributed by atoms with Gasteiger partial charge in [0.2, 0.25) is 0 Å². The van der Waals surface area contributed by atoms with Crippen molar-refractivity contribution in [2.24, 2.45) is 0 Å². The quantitative estimate of drug-likeness (QED) is 0.796. The number of nitrogens with zero attached hydrogens (tertiary/aromatic N) is 1. The normalized spacial score (nSPS) is 11.9. The van der Waals surface area contributed by atoms with Crippen LogP contribution in [0, 0.1) is 28.8 Å². The molecule has 0 fully saturated rings. The number of benzene rings is 1. The van der Waals surface area contributed by atoms with E-state index in [9.17, 15) is 18.0 Å². The number of nitriles is 1. The molecule has 0 aliphatic rings. The van der Waals surface area contributed by atoms with Gasteiger partial charge >= 0.3 is 0 Å². The maximum absolute atomic E-state index is 13.3. The largest absolute Gasteiger partial charge is 0.300 e. The summed E-state index contributed by atoms with van der Waals surface area (Å²) in [7, 11) is 0. The molecule has 0 aromatic heterocycles. The van der Waals surface area contributed by atoms with Gasteiger partial charge in [0.15, 0.2) is 0 Å². The van der Waals surface area contributed by atoms with Crippen LogP contribution in [-0.2, 0) is 4.79 Å². The fourth-order valence-electron chi connectivity index (χ4n) is 1.39. The van der Waals surface area contributed by atoms with Crippen molar-refractivity contribution < 1.29 is 18.0 Å². The fraction of sp³-hybridized carbons (Fsp3) is 0.273. The highest BCUT2D eigenvalue weighted by atomic mass is 19.1. The average molecular weight is 227 g/mol. The number of carbonyl (C=O) groups excluding carboxylic acids is 1. The van der Waals surface area contributed by atoms with Crippen LogP contribution in [0.15, 0.2) is 12.1 Å². The third-order valence-electron chi connectivity index (χ3n) is 2.04. The SMILES string of the molecule is CC(=O)CC(C#N)c1c(F)cc(F)cc1F. The summed E-state index contributed by atoms with van der Waals surface area (Å²) in [6.45, 7) is 1.21. The lowest BCUT2D eigenvalue weighted by Gasteiger charge is -2.09. The Labute approximate surface area is 90.3 Å². The van der Waals surface area contributed by atoms with Gasteiger partial charge in [-0.1, -0.05) is 0 Å². The van der Waals surface area contributed by atoms with Crippen LogP contribution >= 0.6 is 0 Å². The van der Waals surface area contributed by atoms with E-state index in [4.69, 9.17) is 5.26 Å². The molecule has 0 aliphatic heterocycles. The first-order valence-electron chi connectivity index (χ1n) is 4.49. The lowest BCUT2D eigenvalue weighted by molar-refractivity contribution is -0.117. The lowest BCUT2D eigenvalue weighted by atomic mass is 9.94. The highest BCUT2D eigenvalue weighted by Crippen LogP contribution is 2.26. The smallest absolute Gasteiger partial charge is 0.133 e. The molecular formula is C11H8F3NO. The number of carbonyl (C=O) groups is 1. The minimum atomic E-state index is -1.22. The van der Waals surface area contributed by atoms with E-state index in [0.717, 1.165) is 0 Å². The summed E-state index contributed by atoms with van der Waals surface area (Å²) in [5, 5.41) is 8.72. The summed E-state index contributed by atoms with van der Waals surface area (Å²) >= 11 is 0. The van der Waals surface area contributed by atoms with E-state index in [1.807, 2.05) is 0 Å². The number of hydrogen-bond acceptors (Lipinski definition) is 2. The molecule has 0 saturated heterocycles. The second-order valence-electron chi connectivity index (χ2n) is 3.37. The number of Topliss-reactive ketones (excluding diaryl/α,β-unsaturated/α-hetero) is 1. The summed E-state index contributed by atoms with van der Waals surface area (Å²) < 4.78 is 39.1. The van der Waals surface area contributed by atoms with Crippen molar-refractivity contribution in [1.82, 2.24) is 0 Å². The maximum atomic E-state index is 13.3. The first-order chi connectivity index (χ1) is 7.45. The minimum absolute atomic E-state index is 0.296. The molecule has 1 rings (SSSR count). The molecule has 5 heteroatoms. The van der Waals surface area contributed by atoms with Crippen LogP contribution < -0.4 is 0 Å². The molecule has 0 heterocycles. The van der Waals surface area contributed by atoms with Gasteiger partial charge in [-0.2, -0.15) is 5.26 Å². The van der Waals surface area contributed by atoms with Crippen molar-refractivity contribution in [1.29, 1.82) is 5.26 Å². The maximum Gasteiger partial charge on any atom is 0.133 e. The highest BCUT2D eigenvalue weighted by molar-refractivity contribution is 5.77. The fourth-order valence-corrected chi connectivity index (χ4v) is 1.39. The zero-order chi connectivity index (χ0) is 12.3. The molecule has 1 aromatic rings. The molecule has 0 saturated carbocycles. The molecule has 16 heavy (non-hydrogen) atoms. The molecule has 0 amide bonds. The second-order valence-corrected chi connectivity index (χ2v) is 3.37. The van der Waals surface area contributed by atoms with Crippen molar-refractivity contribution in [3.63, 3.8) is 0 Å². The number of hydrogen-bond donors (Lipinski definition) is 0. The summed E-state index contributed by atoms with van der Waals surface area (Å²) in [6, 6.07) is 2.61. The molecule has 0 aliphatic carbocycles. The average Bonchev–Trinajstić information content (AvgIpc) is 2.13. The molecule has 0 spiro atoms. The van der Waals surface area contributed by atoms with Crippen LogP contribution in [0.4, 0.5) is 13.2 Å². The van der Waals surface area contributed by atoms with Crippen molar-refractivity contribution in [2.45, 2.75) is 19.3 Å². The molecule has 0 radical (unpaired) electrons. The Morgan fingerprint density at radius 3 is 2.25 bits per heavy atom. The van der Waals surface area contributed by atoms with Gasteiger partial charge in [0, 0.05) is 24.1 Å². The van der Waals surface area contributed by atoms with Gasteiger partial charge in [0.25, 0.3) is 0 Å². The predicted molar refractivity (Wildman–Crippen MR) is 50.0 cm³/mol. The van der Waals surface area contributed by atoms with Gasteiger partial charge in [0.05, 0.1) is 12.0 Å². The van der Waals surface area contributed by atoms with Crippen LogP contribution in [0.3, 0.4) is 0 Å². The van der Waals surface area contributed by atoms with E-state index in [2.05, 4.69) is 0 Å². The highest BCUT2D eigenvalue weighted by Gasteiger charge is 2.22. The molecule has 0 N–H and O–H groups in total. The van der Waals surface area contributed by atoms with E-state index in [0.29, 0.717) is 12.1 Å². The van der Waals surface area contributed by atoms with Crippen molar-refractivity contribution >= 4 is 5.78 Å². The zero-order valence-corrected chi connectivity index (χ0v) is 8.43. The molecular weight excluding hydrogens is 219 g/mol. The monoisotopic (exact) mass is 227 g/mol. The molecule has 84 valence electrons. The minimum Gasteiger partial charge on any atom is -0.300 e. The van der Waals surface area contributed by atoms with Crippen LogP contribution in [0.25, 0.3) is 0 Å². The third-order valence-corrected chi connectivity index (χ3v) is 2.04. The number of ketones is 1. The number of halogens is 3. The predicted octanol–water partition coefficient (Wildman–Crippen LogP) is 2.69. The van der Waals surface area contributed by atoms with E-state index in [-0.39, 0.29) is 12.2 Å². The number of rotatable bonds is 3. The van der Waals surface area contributed by atoms with Gasteiger partial charge in [-0.3, -0.25) is 4.79 Å². The molecule has 2 nitrogen and oxygen atoms in total. The van der Waals surface area contributed by atoms with Crippen molar-refractivity contribution in [2.75, 3.05) is 0 Å². The van der Waals surface area contributed by atoms with E-state index >= 15 is 0 Å². The molecule has 1 atom stereocenters. The van der Waals surface area contributed by atoms with E-state index in [1.54, 1.807) is 6.07 Å². The summed E-state index contributed by atoms with van der Waals surface area (Å²) in [4.78, 5) is 10.8. The van der Waals surface area contributed by atoms with Crippen molar-refractivity contribution in [3.8, 4) is 6.07 Å². The molecule has 1 unspecified atom stereocenters. The topological polar surface area (TPSA) is 40.9 Å². The second kappa shape index (κ2) is 4.79. The van der Waals surface area contributed by atoms with Crippen molar-refractivity contribution in [3.05, 3.63) is 35.1 Å². The Morgan fingerprint density at radius 1 is 1.38 bits per heavy atom. The summed E-state index contributed by atoms with van der Waals surface area (Å²) in [5.74, 6) is -4.94. The summed E-state index contributed by atoms with van der Waals surface area (Å²) in [5.41, 5.74) is -0.556. The Hall–Kier alpha value is -1.83. The Balaban J connectivity index is 3.21. The lowest BCUT2D eigenvalue weighted by Crippen LogP contribution is -2.07. The zero-order valence-electron chi connectivity index (χ0n) is 8.43. The van der Waals surface area contributed by atoms with E-state index < -0.39 is 28.9 Å². The first-order valence-corrected chi connectivity index (χ1v) is 4.49. The van der Waals surface area contributed by atoms with Crippen LogP contribution in [0.1, 0.15) is 24.8 Å². The Morgan fingerprint density at radius 2 is 1.88 bits per heavy atom. The van der Waals surface area contributed by atoms with Gasteiger partial charge in [-0.05, 0) is 6.92 Å². The van der Waals surface area contributed by atoms with Crippen LogP contribution in [0.5, 0.6) is 0 Å². The van der Waals surface area contributed by atoms with Crippen LogP contribution in [-0.4, -0.2) is 5.78 Å². The summed E-state index contributed by atoms with van der Waals surface area (Å²) in [6.07, 6.45) is -0.296. The Bertz CT molecular complexity index is 442. The molecule has 1 aromatic carbocycles. The molecule has 0 bridgehead atoms. The van der Waals surface area contributed by atoms with Gasteiger partial charge in [0.1, 0.15) is 23.2 Å². The van der Waals surface area contributed by atoms with Gasteiger partial charge in [-0.15, -0.1) is 0 Å². The first kappa shape index (κ1) is 12.2. The van der Waals surface area contributed by atoms with Crippen LogP contribution in [0.2, 0.25) is 0 Å². The van der Waals surface area contributed by atoms with Gasteiger partial charge in [-0.25, -0.2) is 13.2 Å². The van der Waals surface area contributed by atoms with Gasteiger partial charge < -0.3 is 0 Å². The Kier molecular flexibility index (Phi) is 3.67.